The second-order valence-electron chi connectivity index (χ2n) is 20.2. The van der Waals surface area contributed by atoms with Crippen LogP contribution in [0.4, 0.5) is 0 Å². The number of nitrogens with one attached hydrogen (secondary N) is 6. The van der Waals surface area contributed by atoms with E-state index < -0.39 is 24.2 Å². The number of rotatable bonds is 19. The minimum atomic E-state index is -0.679. The summed E-state index contributed by atoms with van der Waals surface area (Å²) < 4.78 is 3.86. The van der Waals surface area contributed by atoms with Gasteiger partial charge in [-0.3, -0.25) is 38.7 Å². The number of hydrogen-bond donors (Lipinski definition) is 6. The van der Waals surface area contributed by atoms with Gasteiger partial charge in [0.1, 0.15) is 12.1 Å². The Kier molecular flexibility index (Phi) is 16.6. The lowest BCUT2D eigenvalue weighted by atomic mass is 10.00. The third kappa shape index (κ3) is 11.1. The van der Waals surface area contributed by atoms with Crippen molar-refractivity contribution in [2.75, 3.05) is 40.3 Å². The molecule has 74 heavy (non-hydrogen) atoms. The number of nitrogens with zero attached hydrogens (tertiary/aromatic N) is 6. The Bertz CT molecular complexity index is 2830. The van der Waals surface area contributed by atoms with Crippen LogP contribution >= 0.6 is 0 Å². The number of aromatic nitrogens is 4. The van der Waals surface area contributed by atoms with Crippen molar-refractivity contribution in [3.63, 3.8) is 0 Å². The lowest BCUT2D eigenvalue weighted by Gasteiger charge is -2.32. The Morgan fingerprint density at radius 1 is 0.568 bits per heavy atom. The number of benzene rings is 2. The van der Waals surface area contributed by atoms with Crippen LogP contribution in [0.3, 0.4) is 0 Å². The first-order valence-corrected chi connectivity index (χ1v) is 25.8. The molecule has 6 aromatic rings. The van der Waals surface area contributed by atoms with Crippen molar-refractivity contribution >= 4 is 57.2 Å². The average Bonchev–Trinajstić information content (AvgIpc) is 4.26. The molecule has 6 heterocycles. The zero-order valence-electron chi connectivity index (χ0n) is 43.6. The van der Waals surface area contributed by atoms with E-state index in [0.29, 0.717) is 24.2 Å². The quantitative estimate of drug-likeness (QED) is 0.0572. The molecule has 0 spiro atoms. The molecule has 6 atom stereocenters. The highest BCUT2D eigenvalue weighted by atomic mass is 16.2. The van der Waals surface area contributed by atoms with E-state index in [-0.39, 0.29) is 72.5 Å². The minimum Gasteiger partial charge on any atom is -0.350 e. The van der Waals surface area contributed by atoms with Crippen molar-refractivity contribution in [3.8, 4) is 11.4 Å². The van der Waals surface area contributed by atoms with Crippen LogP contribution < -0.4 is 31.9 Å². The predicted octanol–water partition coefficient (Wildman–Crippen LogP) is 5.35. The monoisotopic (exact) mass is 1010 g/mol. The highest BCUT2D eigenvalue weighted by Crippen LogP contribution is 2.36. The zero-order valence-corrected chi connectivity index (χ0v) is 43.6. The summed E-state index contributed by atoms with van der Waals surface area (Å²) in [4.78, 5) is 94.6. The molecule has 6 N–H and O–H groups in total. The smallest absolute Gasteiger partial charge is 0.253 e. The second kappa shape index (κ2) is 23.2. The van der Waals surface area contributed by atoms with E-state index in [9.17, 15) is 28.8 Å². The summed E-state index contributed by atoms with van der Waals surface area (Å²) >= 11 is 0. The van der Waals surface area contributed by atoms with E-state index in [2.05, 4.69) is 41.9 Å². The van der Waals surface area contributed by atoms with Crippen molar-refractivity contribution in [2.24, 2.45) is 11.8 Å². The molecule has 4 aromatic heterocycles. The van der Waals surface area contributed by atoms with Gasteiger partial charge in [-0.15, -0.1) is 0 Å². The molecule has 0 unspecified atom stereocenters. The molecular formula is C56H70N12O6. The summed E-state index contributed by atoms with van der Waals surface area (Å²) in [5, 5.41) is 19.3. The molecule has 0 bridgehead atoms. The topological polar surface area (TPSA) is 217 Å². The molecule has 18 nitrogen and oxygen atoms in total. The largest absolute Gasteiger partial charge is 0.350 e. The van der Waals surface area contributed by atoms with Crippen molar-refractivity contribution < 1.29 is 28.8 Å². The Balaban J connectivity index is 0.939. The van der Waals surface area contributed by atoms with Crippen molar-refractivity contribution in [1.29, 1.82) is 0 Å². The molecule has 2 aliphatic rings. The van der Waals surface area contributed by atoms with Crippen LogP contribution in [0, 0.1) is 11.8 Å². The number of carbonyl (C=O) groups excluding carboxylic acids is 6. The van der Waals surface area contributed by atoms with Crippen LogP contribution in [-0.4, -0.2) is 129 Å². The third-order valence-electron chi connectivity index (χ3n) is 14.6. The van der Waals surface area contributed by atoms with Gasteiger partial charge in [0.25, 0.3) is 11.8 Å². The van der Waals surface area contributed by atoms with Crippen LogP contribution in [0.1, 0.15) is 111 Å². The summed E-state index contributed by atoms with van der Waals surface area (Å²) in [6.07, 6.45) is 13.7. The first-order chi connectivity index (χ1) is 35.6. The SMILES string of the molecule is CN[C@@H](C)C(=O)N[C@H](C(=O)N1CCC[C@H]1c1cncc(-n2cc(C(=O)NCCNC(=O)c3cn(-c4cncc([C@@H]5CCCN5C(=O)[C@@H](NC(=O)[C@H](C)NC)C(C)C)c4)c4ccccc34)c3ccccc32)c1)C(C)C. The molecule has 0 aliphatic carbocycles. The summed E-state index contributed by atoms with van der Waals surface area (Å²) in [7, 11) is 3.42. The number of para-hydroxylation sites is 2. The number of likely N-dealkylation sites (N-methyl/N-ethyl adjacent to an activating group) is 2. The molecule has 18 heteroatoms. The van der Waals surface area contributed by atoms with Gasteiger partial charge >= 0.3 is 0 Å². The lowest BCUT2D eigenvalue weighted by Crippen LogP contribution is -2.54. The number of likely N-dealkylation sites (tertiary alicyclic amines) is 2. The Hall–Kier alpha value is -7.44. The molecule has 6 amide bonds. The van der Waals surface area contributed by atoms with E-state index in [1.54, 1.807) is 65.1 Å². The van der Waals surface area contributed by atoms with E-state index in [0.717, 1.165) is 70.0 Å². The van der Waals surface area contributed by atoms with Gasteiger partial charge in [0, 0.05) is 61.7 Å². The van der Waals surface area contributed by atoms with Crippen molar-refractivity contribution in [3.05, 3.63) is 120 Å². The van der Waals surface area contributed by atoms with Crippen molar-refractivity contribution in [2.45, 2.75) is 103 Å². The summed E-state index contributed by atoms with van der Waals surface area (Å²) in [6.45, 7) is 12.7. The van der Waals surface area contributed by atoms with E-state index in [4.69, 9.17) is 0 Å². The van der Waals surface area contributed by atoms with Gasteiger partial charge in [-0.1, -0.05) is 64.1 Å². The number of hydrogen-bond acceptors (Lipinski definition) is 10. The number of amides is 6. The van der Waals surface area contributed by atoms with Gasteiger partial charge in [0.2, 0.25) is 23.6 Å². The minimum absolute atomic E-state index is 0.120. The molecule has 0 saturated carbocycles. The molecule has 390 valence electrons. The second-order valence-corrected chi connectivity index (χ2v) is 20.2. The standard InChI is InChI=1S/C56H70N12O6/c1-33(2)49(63-51(69)35(5)57-7)55(73)65-23-13-19-45(65)37-25-39(29-59-27-37)67-31-43(41-15-9-11-17-47(41)67)53(71)61-21-22-62-54(72)44-32-68(48-18-12-10-16-42(44)48)40-26-38(28-60-30-40)46-20-14-24-66(46)56(74)50(34(3)4)64-52(70)36(6)58-8/h9-12,15-18,25-36,45-46,49-50,57-58H,13-14,19-24H2,1-8H3,(H,61,71)(H,62,72)(H,63,69)(H,64,70)/t35-,36-,45-,46-,49-,50-/m0/s1. The van der Waals surface area contributed by atoms with Crippen LogP contribution in [-0.2, 0) is 19.2 Å². The average molecular weight is 1010 g/mol. The first-order valence-electron chi connectivity index (χ1n) is 25.8. The summed E-state index contributed by atoms with van der Waals surface area (Å²) in [5.41, 5.74) is 5.70. The summed E-state index contributed by atoms with van der Waals surface area (Å²) in [5.74, 6) is -1.56. The van der Waals surface area contributed by atoms with Gasteiger partial charge in [0.05, 0.1) is 70.1 Å². The van der Waals surface area contributed by atoms with Gasteiger partial charge in [-0.2, -0.15) is 0 Å². The molecule has 2 saturated heterocycles. The van der Waals surface area contributed by atoms with Crippen LogP contribution in [0.2, 0.25) is 0 Å². The lowest BCUT2D eigenvalue weighted by molar-refractivity contribution is -0.139. The Morgan fingerprint density at radius 2 is 0.959 bits per heavy atom. The Morgan fingerprint density at radius 3 is 1.34 bits per heavy atom. The van der Waals surface area contributed by atoms with Crippen molar-refractivity contribution in [1.82, 2.24) is 60.8 Å². The maximum absolute atomic E-state index is 14.1. The van der Waals surface area contributed by atoms with Crippen LogP contribution in [0.15, 0.2) is 97.8 Å². The molecule has 2 aliphatic heterocycles. The highest BCUT2D eigenvalue weighted by molar-refractivity contribution is 6.08. The fraction of sp³-hybridized carbons (Fsp3) is 0.429. The predicted molar refractivity (Wildman–Crippen MR) is 285 cm³/mol. The van der Waals surface area contributed by atoms with Crippen LogP contribution in [0.25, 0.3) is 33.2 Å². The molecule has 0 radical (unpaired) electrons. The molecular weight excluding hydrogens is 937 g/mol. The normalized spacial score (nSPS) is 17.4. The van der Waals surface area contributed by atoms with Gasteiger partial charge < -0.3 is 50.8 Å². The Labute approximate surface area is 432 Å². The maximum atomic E-state index is 14.1. The highest BCUT2D eigenvalue weighted by Gasteiger charge is 2.38. The number of carbonyl (C=O) groups is 6. The van der Waals surface area contributed by atoms with E-state index in [1.165, 1.54) is 0 Å². The number of fused-ring (bicyclic) bond motifs is 2. The van der Waals surface area contributed by atoms with Crippen LogP contribution in [0.5, 0.6) is 0 Å². The van der Waals surface area contributed by atoms with Gasteiger partial charge in [-0.25, -0.2) is 0 Å². The van der Waals surface area contributed by atoms with Gasteiger partial charge in [0.15, 0.2) is 0 Å². The molecule has 2 fully saturated rings. The number of pyridine rings is 2. The van der Waals surface area contributed by atoms with E-state index in [1.807, 2.05) is 107 Å². The zero-order chi connectivity index (χ0) is 52.8. The third-order valence-corrected chi connectivity index (χ3v) is 14.6. The van der Waals surface area contributed by atoms with E-state index >= 15 is 0 Å². The first kappa shape index (κ1) is 52.9. The van der Waals surface area contributed by atoms with Gasteiger partial charge in [-0.05, 0) is 101 Å². The fourth-order valence-electron chi connectivity index (χ4n) is 10.2. The summed E-state index contributed by atoms with van der Waals surface area (Å²) in [6, 6.07) is 16.6. The molecule has 8 rings (SSSR count). The maximum Gasteiger partial charge on any atom is 0.253 e. The molecule has 2 aromatic carbocycles. The fourth-order valence-corrected chi connectivity index (χ4v) is 10.2.